The van der Waals surface area contributed by atoms with Crippen molar-refractivity contribution in [3.8, 4) is 11.3 Å². The number of carbonyl (C=O) groups is 3. The molecule has 1 fully saturated rings. The number of benzene rings is 4. The first-order chi connectivity index (χ1) is 27.6. The molecule has 0 aliphatic carbocycles. The van der Waals surface area contributed by atoms with E-state index in [0.29, 0.717) is 33.5 Å². The van der Waals surface area contributed by atoms with Crippen LogP contribution in [0, 0.1) is 69.2 Å². The van der Waals surface area contributed by atoms with E-state index in [9.17, 15) is 14.4 Å². The van der Waals surface area contributed by atoms with Gasteiger partial charge in [0.1, 0.15) is 30.2 Å². The predicted molar refractivity (Wildman–Crippen MR) is 220 cm³/mol. The summed E-state index contributed by atoms with van der Waals surface area (Å²) in [6.45, 7) is 18.7. The first-order valence-corrected chi connectivity index (χ1v) is 19.3. The van der Waals surface area contributed by atoms with Crippen molar-refractivity contribution in [2.75, 3.05) is 6.61 Å². The summed E-state index contributed by atoms with van der Waals surface area (Å²) in [5, 5.41) is 0. The van der Waals surface area contributed by atoms with Crippen molar-refractivity contribution in [2.24, 2.45) is 0 Å². The standard InChI is InChI=1S/C47H48N4O7/c1-24-11-13-34(14-12-24)39-40-43(49-22-48-39)51(23-50-40)44-42(58-47(54)38-32(9)19-27(4)20-33(38)10)41(57-46(53)37-30(7)17-26(3)18-31(37)8)35(56-44)21-55-45(52)36-28(5)15-25(2)16-29(36)6/h11-20,22-23,35,41-42,44H,21H2,1-10H3/t35-,41?,42?,44-/m1/s1. The molecule has 58 heavy (non-hydrogen) atoms. The van der Waals surface area contributed by atoms with Gasteiger partial charge in [0.05, 0.1) is 23.0 Å². The van der Waals surface area contributed by atoms with Gasteiger partial charge < -0.3 is 18.9 Å². The zero-order valence-corrected chi connectivity index (χ0v) is 34.6. The van der Waals surface area contributed by atoms with Crippen molar-refractivity contribution in [1.29, 1.82) is 0 Å². The Morgan fingerprint density at radius 2 is 1.05 bits per heavy atom. The number of carbonyl (C=O) groups excluding carboxylic acids is 3. The van der Waals surface area contributed by atoms with Gasteiger partial charge in [-0.1, -0.05) is 82.9 Å². The zero-order valence-electron chi connectivity index (χ0n) is 34.6. The average Bonchev–Trinajstić information content (AvgIpc) is 3.70. The summed E-state index contributed by atoms with van der Waals surface area (Å²) in [7, 11) is 0. The first kappa shape index (κ1) is 40.0. The average molecular weight is 781 g/mol. The van der Waals surface area contributed by atoms with Gasteiger partial charge >= 0.3 is 17.9 Å². The fourth-order valence-corrected chi connectivity index (χ4v) is 8.40. The lowest BCUT2D eigenvalue weighted by atomic mass is 9.99. The number of hydrogen-bond acceptors (Lipinski definition) is 10. The normalized spacial score (nSPS) is 17.7. The Labute approximate surface area is 338 Å². The molecule has 2 aromatic heterocycles. The Morgan fingerprint density at radius 1 is 0.586 bits per heavy atom. The Bertz CT molecular complexity index is 2520. The summed E-state index contributed by atoms with van der Waals surface area (Å²) in [4.78, 5) is 56.3. The minimum Gasteiger partial charge on any atom is -0.459 e. The van der Waals surface area contributed by atoms with Gasteiger partial charge in [0.25, 0.3) is 0 Å². The smallest absolute Gasteiger partial charge is 0.339 e. The first-order valence-electron chi connectivity index (χ1n) is 19.3. The lowest BCUT2D eigenvalue weighted by Gasteiger charge is -2.26. The lowest BCUT2D eigenvalue weighted by Crippen LogP contribution is -2.41. The van der Waals surface area contributed by atoms with Crippen molar-refractivity contribution in [1.82, 2.24) is 19.5 Å². The van der Waals surface area contributed by atoms with E-state index in [0.717, 1.165) is 61.2 Å². The van der Waals surface area contributed by atoms with E-state index in [4.69, 9.17) is 23.9 Å². The van der Waals surface area contributed by atoms with E-state index in [1.54, 1.807) is 10.9 Å². The van der Waals surface area contributed by atoms with Crippen LogP contribution in [0.2, 0.25) is 0 Å². The number of fused-ring (bicyclic) bond motifs is 1. The van der Waals surface area contributed by atoms with Crippen LogP contribution < -0.4 is 0 Å². The second-order valence-electron chi connectivity index (χ2n) is 15.6. The number of esters is 3. The van der Waals surface area contributed by atoms with Crippen LogP contribution in [0.5, 0.6) is 0 Å². The van der Waals surface area contributed by atoms with E-state index in [2.05, 4.69) is 9.97 Å². The van der Waals surface area contributed by atoms with Crippen molar-refractivity contribution in [2.45, 2.75) is 93.8 Å². The molecule has 0 bridgehead atoms. The maximum Gasteiger partial charge on any atom is 0.339 e. The third-order valence-corrected chi connectivity index (χ3v) is 10.8. The van der Waals surface area contributed by atoms with Crippen molar-refractivity contribution >= 4 is 29.1 Å². The summed E-state index contributed by atoms with van der Waals surface area (Å²) in [6, 6.07) is 19.4. The van der Waals surface area contributed by atoms with E-state index in [-0.39, 0.29) is 6.61 Å². The van der Waals surface area contributed by atoms with Crippen LogP contribution in [-0.2, 0) is 18.9 Å². The maximum absolute atomic E-state index is 14.4. The monoisotopic (exact) mass is 780 g/mol. The Kier molecular flexibility index (Phi) is 11.0. The third kappa shape index (κ3) is 7.74. The van der Waals surface area contributed by atoms with E-state index < -0.39 is 42.4 Å². The number of hydrogen-bond donors (Lipinski definition) is 0. The molecule has 3 heterocycles. The molecule has 298 valence electrons. The summed E-state index contributed by atoms with van der Waals surface area (Å²) < 4.78 is 27.2. The number of ether oxygens (including phenoxy) is 4. The fraction of sp³-hybridized carbons (Fsp3) is 0.319. The van der Waals surface area contributed by atoms with Gasteiger partial charge in [-0.2, -0.15) is 0 Å². The summed E-state index contributed by atoms with van der Waals surface area (Å²) >= 11 is 0. The largest absolute Gasteiger partial charge is 0.459 e. The highest BCUT2D eigenvalue weighted by Crippen LogP contribution is 2.38. The molecule has 4 aromatic carbocycles. The highest BCUT2D eigenvalue weighted by atomic mass is 16.7. The molecule has 0 spiro atoms. The molecular formula is C47H48N4O7. The Hall–Kier alpha value is -6.20. The quantitative estimate of drug-likeness (QED) is 0.104. The third-order valence-electron chi connectivity index (χ3n) is 10.8. The van der Waals surface area contributed by atoms with Crippen molar-refractivity contribution < 1.29 is 33.3 Å². The second-order valence-corrected chi connectivity index (χ2v) is 15.6. The Balaban J connectivity index is 1.34. The number of aryl methyl sites for hydroxylation is 10. The van der Waals surface area contributed by atoms with Crippen LogP contribution in [0.1, 0.15) is 92.9 Å². The molecular weight excluding hydrogens is 733 g/mol. The van der Waals surface area contributed by atoms with Gasteiger partial charge in [0, 0.05) is 5.56 Å². The highest BCUT2D eigenvalue weighted by molar-refractivity contribution is 5.95. The summed E-state index contributed by atoms with van der Waals surface area (Å²) in [5.41, 5.74) is 12.1. The van der Waals surface area contributed by atoms with Gasteiger partial charge in [-0.25, -0.2) is 29.3 Å². The molecule has 1 saturated heterocycles. The summed E-state index contributed by atoms with van der Waals surface area (Å²) in [5.74, 6) is -1.81. The number of nitrogens with zero attached hydrogens (tertiary/aromatic N) is 4. The van der Waals surface area contributed by atoms with Crippen molar-refractivity contribution in [3.05, 3.63) is 146 Å². The second kappa shape index (κ2) is 16.0. The molecule has 0 N–H and O–H groups in total. The van der Waals surface area contributed by atoms with Crippen LogP contribution in [0.4, 0.5) is 0 Å². The topological polar surface area (TPSA) is 132 Å². The molecule has 0 amide bonds. The summed E-state index contributed by atoms with van der Waals surface area (Å²) in [6.07, 6.45) is -1.70. The number of rotatable bonds is 9. The molecule has 6 aromatic rings. The van der Waals surface area contributed by atoms with Gasteiger partial charge in [-0.05, 0) is 103 Å². The number of imidazole rings is 1. The molecule has 0 saturated carbocycles. The molecule has 1 aliphatic heterocycles. The minimum absolute atomic E-state index is 0.321. The van der Waals surface area contributed by atoms with Crippen LogP contribution in [-0.4, -0.2) is 62.3 Å². The predicted octanol–water partition coefficient (Wildman–Crippen LogP) is 8.78. The van der Waals surface area contributed by atoms with E-state index in [1.165, 1.54) is 6.33 Å². The van der Waals surface area contributed by atoms with Crippen LogP contribution in [0.15, 0.2) is 73.3 Å². The van der Waals surface area contributed by atoms with Gasteiger partial charge in [-0.3, -0.25) is 4.57 Å². The molecule has 11 heteroatoms. The molecule has 7 rings (SSSR count). The van der Waals surface area contributed by atoms with Gasteiger partial charge in [0.15, 0.2) is 24.1 Å². The van der Waals surface area contributed by atoms with Gasteiger partial charge in [0.2, 0.25) is 0 Å². The molecule has 2 unspecified atom stereocenters. The SMILES string of the molecule is Cc1ccc(-c2ncnc3c2ncn3[C@@H]2O[C@H](COC(=O)c3c(C)cc(C)cc3C)C(OC(=O)c3c(C)cc(C)cc3C)C2OC(=O)c2c(C)cc(C)cc2C)cc1. The molecule has 0 radical (unpaired) electrons. The van der Waals surface area contributed by atoms with Crippen molar-refractivity contribution in [3.63, 3.8) is 0 Å². The molecule has 11 nitrogen and oxygen atoms in total. The Morgan fingerprint density at radius 3 is 1.55 bits per heavy atom. The van der Waals surface area contributed by atoms with Crippen LogP contribution in [0.25, 0.3) is 22.4 Å². The molecule has 1 aliphatic rings. The lowest BCUT2D eigenvalue weighted by molar-refractivity contribution is -0.0606. The minimum atomic E-state index is -1.25. The maximum atomic E-state index is 14.4. The van der Waals surface area contributed by atoms with E-state index >= 15 is 0 Å². The van der Waals surface area contributed by atoms with Gasteiger partial charge in [-0.15, -0.1) is 0 Å². The van der Waals surface area contributed by atoms with Crippen LogP contribution in [0.3, 0.4) is 0 Å². The highest BCUT2D eigenvalue weighted by Gasteiger charge is 2.52. The van der Waals surface area contributed by atoms with E-state index in [1.807, 2.05) is 130 Å². The molecule has 4 atom stereocenters. The number of aromatic nitrogens is 4. The zero-order chi connectivity index (χ0) is 41.6. The van der Waals surface area contributed by atoms with Crippen LogP contribution >= 0.6 is 0 Å². The fourth-order valence-electron chi connectivity index (χ4n) is 8.40.